The van der Waals surface area contributed by atoms with Gasteiger partial charge in [-0.1, -0.05) is 12.8 Å². The van der Waals surface area contributed by atoms with Crippen molar-refractivity contribution >= 4 is 0 Å². The van der Waals surface area contributed by atoms with Gasteiger partial charge in [-0.05, 0) is 31.6 Å². The minimum atomic E-state index is 0.354. The van der Waals surface area contributed by atoms with Gasteiger partial charge in [-0.15, -0.1) is 0 Å². The van der Waals surface area contributed by atoms with Crippen molar-refractivity contribution in [3.8, 4) is 0 Å². The molecule has 1 saturated carbocycles. The standard InChI is InChI=1S/C15H28O4/c1-16-13-5-3-4-6-14(17-2)8-12(7-13)9-18-10-15-11-19-15/h12-15H,3-11H2,1-2H3. The Morgan fingerprint density at radius 2 is 1.53 bits per heavy atom. The quantitative estimate of drug-likeness (QED) is 0.696. The Kier molecular flexibility index (Phi) is 6.57. The molecular weight excluding hydrogens is 244 g/mol. The second kappa shape index (κ2) is 8.20. The fourth-order valence-electron chi connectivity index (χ4n) is 2.91. The predicted molar refractivity (Wildman–Crippen MR) is 73.3 cm³/mol. The summed E-state index contributed by atoms with van der Waals surface area (Å²) in [6.07, 6.45) is 8.08. The number of rotatable bonds is 6. The van der Waals surface area contributed by atoms with Crippen LogP contribution in [0.1, 0.15) is 38.5 Å². The van der Waals surface area contributed by atoms with Crippen molar-refractivity contribution in [3.05, 3.63) is 0 Å². The van der Waals surface area contributed by atoms with E-state index in [1.54, 1.807) is 0 Å². The van der Waals surface area contributed by atoms with Gasteiger partial charge in [0.25, 0.3) is 0 Å². The zero-order valence-corrected chi connectivity index (χ0v) is 12.3. The number of hydrogen-bond acceptors (Lipinski definition) is 4. The summed E-state index contributed by atoms with van der Waals surface area (Å²) in [4.78, 5) is 0. The van der Waals surface area contributed by atoms with E-state index in [9.17, 15) is 0 Å². The molecule has 0 aromatic heterocycles. The molecule has 112 valence electrons. The molecule has 19 heavy (non-hydrogen) atoms. The first-order chi connectivity index (χ1) is 9.31. The number of ether oxygens (including phenoxy) is 4. The first kappa shape index (κ1) is 15.2. The van der Waals surface area contributed by atoms with E-state index in [0.717, 1.165) is 45.5 Å². The lowest BCUT2D eigenvalue weighted by Crippen LogP contribution is -2.24. The van der Waals surface area contributed by atoms with Crippen molar-refractivity contribution in [2.45, 2.75) is 56.8 Å². The summed E-state index contributed by atoms with van der Waals surface area (Å²) in [7, 11) is 3.65. The Labute approximate surface area is 116 Å². The van der Waals surface area contributed by atoms with Gasteiger partial charge < -0.3 is 18.9 Å². The van der Waals surface area contributed by atoms with E-state index < -0.39 is 0 Å². The highest BCUT2D eigenvalue weighted by atomic mass is 16.6. The monoisotopic (exact) mass is 272 g/mol. The summed E-state index contributed by atoms with van der Waals surface area (Å²) in [5.41, 5.74) is 0. The van der Waals surface area contributed by atoms with Crippen LogP contribution in [0.15, 0.2) is 0 Å². The van der Waals surface area contributed by atoms with Crippen LogP contribution >= 0.6 is 0 Å². The maximum atomic E-state index is 5.78. The van der Waals surface area contributed by atoms with Crippen molar-refractivity contribution in [3.63, 3.8) is 0 Å². The lowest BCUT2D eigenvalue weighted by Gasteiger charge is -2.24. The van der Waals surface area contributed by atoms with E-state index in [1.807, 2.05) is 14.2 Å². The highest BCUT2D eigenvalue weighted by Gasteiger charge is 2.25. The van der Waals surface area contributed by atoms with Crippen LogP contribution in [0.2, 0.25) is 0 Å². The molecular formula is C15H28O4. The topological polar surface area (TPSA) is 40.2 Å². The Morgan fingerprint density at radius 1 is 0.947 bits per heavy atom. The molecule has 3 unspecified atom stereocenters. The maximum Gasteiger partial charge on any atom is 0.104 e. The molecule has 0 radical (unpaired) electrons. The van der Waals surface area contributed by atoms with Crippen LogP contribution in [0.5, 0.6) is 0 Å². The molecule has 1 heterocycles. The molecule has 0 aromatic rings. The highest BCUT2D eigenvalue weighted by molar-refractivity contribution is 4.75. The smallest absolute Gasteiger partial charge is 0.104 e. The van der Waals surface area contributed by atoms with E-state index in [0.29, 0.717) is 24.2 Å². The number of methoxy groups -OCH3 is 2. The van der Waals surface area contributed by atoms with Crippen molar-refractivity contribution in [2.75, 3.05) is 34.0 Å². The summed E-state index contributed by atoms with van der Waals surface area (Å²) in [6.45, 7) is 2.41. The molecule has 0 bridgehead atoms. The third-order valence-electron chi connectivity index (χ3n) is 4.22. The Bertz CT molecular complexity index is 226. The van der Waals surface area contributed by atoms with Crippen LogP contribution in [-0.2, 0) is 18.9 Å². The molecule has 0 amide bonds. The van der Waals surface area contributed by atoms with Gasteiger partial charge in [0.15, 0.2) is 0 Å². The van der Waals surface area contributed by atoms with E-state index in [-0.39, 0.29) is 0 Å². The molecule has 4 heteroatoms. The molecule has 1 aliphatic heterocycles. The summed E-state index contributed by atoms with van der Waals surface area (Å²) in [6, 6.07) is 0. The summed E-state index contributed by atoms with van der Waals surface area (Å²) in [5.74, 6) is 0.534. The van der Waals surface area contributed by atoms with Gasteiger partial charge in [0.05, 0.1) is 25.4 Å². The number of epoxide rings is 1. The Morgan fingerprint density at radius 3 is 2.00 bits per heavy atom. The van der Waals surface area contributed by atoms with Gasteiger partial charge in [-0.25, -0.2) is 0 Å². The molecule has 2 aliphatic rings. The first-order valence-corrected chi connectivity index (χ1v) is 7.56. The molecule has 0 N–H and O–H groups in total. The van der Waals surface area contributed by atoms with Gasteiger partial charge in [-0.3, -0.25) is 0 Å². The Hall–Kier alpha value is -0.160. The molecule has 2 rings (SSSR count). The third-order valence-corrected chi connectivity index (χ3v) is 4.22. The lowest BCUT2D eigenvalue weighted by atomic mass is 9.95. The van der Waals surface area contributed by atoms with Crippen molar-refractivity contribution < 1.29 is 18.9 Å². The summed E-state index contributed by atoms with van der Waals surface area (Å²) >= 11 is 0. The van der Waals surface area contributed by atoms with E-state index in [4.69, 9.17) is 18.9 Å². The second-order valence-electron chi connectivity index (χ2n) is 5.83. The zero-order chi connectivity index (χ0) is 13.5. The van der Waals surface area contributed by atoms with Gasteiger partial charge >= 0.3 is 0 Å². The third kappa shape index (κ3) is 5.78. The second-order valence-corrected chi connectivity index (χ2v) is 5.83. The number of hydrogen-bond donors (Lipinski definition) is 0. The minimum Gasteiger partial charge on any atom is -0.381 e. The molecule has 1 aliphatic carbocycles. The van der Waals surface area contributed by atoms with Gasteiger partial charge in [0.2, 0.25) is 0 Å². The van der Waals surface area contributed by atoms with E-state index in [2.05, 4.69) is 0 Å². The van der Waals surface area contributed by atoms with Crippen molar-refractivity contribution in [1.82, 2.24) is 0 Å². The van der Waals surface area contributed by atoms with E-state index in [1.165, 1.54) is 12.8 Å². The van der Waals surface area contributed by atoms with Crippen molar-refractivity contribution in [1.29, 1.82) is 0 Å². The SMILES string of the molecule is COC1CCCCC(OC)CC(COCC2CO2)C1. The van der Waals surface area contributed by atoms with Crippen LogP contribution in [-0.4, -0.2) is 52.4 Å². The summed E-state index contributed by atoms with van der Waals surface area (Å²) < 4.78 is 22.2. The zero-order valence-electron chi connectivity index (χ0n) is 12.3. The maximum absolute atomic E-state index is 5.78. The molecule has 2 fully saturated rings. The van der Waals surface area contributed by atoms with Gasteiger partial charge in [-0.2, -0.15) is 0 Å². The average molecular weight is 272 g/mol. The van der Waals surface area contributed by atoms with Gasteiger partial charge in [0.1, 0.15) is 6.10 Å². The van der Waals surface area contributed by atoms with Crippen LogP contribution in [0, 0.1) is 5.92 Å². The van der Waals surface area contributed by atoms with Crippen LogP contribution in [0.3, 0.4) is 0 Å². The normalized spacial score (nSPS) is 36.3. The molecule has 1 saturated heterocycles. The first-order valence-electron chi connectivity index (χ1n) is 7.56. The predicted octanol–water partition coefficient (Wildman–Crippen LogP) is 2.40. The fourth-order valence-corrected chi connectivity index (χ4v) is 2.91. The van der Waals surface area contributed by atoms with E-state index >= 15 is 0 Å². The van der Waals surface area contributed by atoms with Crippen molar-refractivity contribution in [2.24, 2.45) is 5.92 Å². The average Bonchev–Trinajstić information content (AvgIpc) is 3.22. The van der Waals surface area contributed by atoms with Crippen LogP contribution < -0.4 is 0 Å². The highest BCUT2D eigenvalue weighted by Crippen LogP contribution is 2.26. The van der Waals surface area contributed by atoms with Crippen LogP contribution in [0.25, 0.3) is 0 Å². The minimum absolute atomic E-state index is 0.354. The lowest BCUT2D eigenvalue weighted by molar-refractivity contribution is 0.0136. The molecule has 0 spiro atoms. The Balaban J connectivity index is 1.80. The van der Waals surface area contributed by atoms with Gasteiger partial charge in [0, 0.05) is 20.8 Å². The fraction of sp³-hybridized carbons (Fsp3) is 1.00. The molecule has 0 aromatic carbocycles. The van der Waals surface area contributed by atoms with Crippen LogP contribution in [0.4, 0.5) is 0 Å². The summed E-state index contributed by atoms with van der Waals surface area (Å²) in [5, 5.41) is 0. The largest absolute Gasteiger partial charge is 0.381 e. The molecule has 3 atom stereocenters. The molecule has 4 nitrogen and oxygen atoms in total.